The van der Waals surface area contributed by atoms with E-state index in [4.69, 9.17) is 4.42 Å². The number of benzene rings is 2. The number of nitrogens with one attached hydrogen (secondary N) is 2. The lowest BCUT2D eigenvalue weighted by atomic mass is 10.1. The van der Waals surface area contributed by atoms with Crippen LogP contribution in [0, 0.1) is 5.82 Å². The minimum Gasteiger partial charge on any atom is -0.444 e. The fourth-order valence-electron chi connectivity index (χ4n) is 2.57. The van der Waals surface area contributed by atoms with Crippen molar-refractivity contribution in [2.45, 2.75) is 19.9 Å². The van der Waals surface area contributed by atoms with Crippen molar-refractivity contribution in [1.29, 1.82) is 0 Å². The largest absolute Gasteiger partial charge is 0.444 e. The molecule has 0 aliphatic rings. The Hall–Kier alpha value is -3.15. The topological polar surface area (TPSA) is 62.5 Å². The second-order valence-corrected chi connectivity index (χ2v) is 6.01. The van der Waals surface area contributed by atoms with Crippen LogP contribution in [0.5, 0.6) is 0 Å². The first-order chi connectivity index (χ1) is 13.2. The van der Waals surface area contributed by atoms with Gasteiger partial charge in [-0.25, -0.2) is 14.4 Å². The van der Waals surface area contributed by atoms with Crippen LogP contribution in [0.1, 0.15) is 18.2 Å². The lowest BCUT2D eigenvalue weighted by Crippen LogP contribution is -2.38. The number of aliphatic imine (C=N–C) groups is 1. The fourth-order valence-corrected chi connectivity index (χ4v) is 2.57. The van der Waals surface area contributed by atoms with Gasteiger partial charge < -0.3 is 15.1 Å². The van der Waals surface area contributed by atoms with Gasteiger partial charge in [0.1, 0.15) is 17.8 Å². The Kier molecular flexibility index (Phi) is 6.57. The number of nitrogens with zero attached hydrogens (tertiary/aromatic N) is 2. The van der Waals surface area contributed by atoms with Gasteiger partial charge in [0.25, 0.3) is 0 Å². The monoisotopic (exact) mass is 366 g/mol. The van der Waals surface area contributed by atoms with Gasteiger partial charge in [-0.05, 0) is 43.2 Å². The maximum absolute atomic E-state index is 13.0. The number of guanidine groups is 1. The number of halogens is 1. The van der Waals surface area contributed by atoms with Crippen LogP contribution in [0.15, 0.2) is 70.3 Å². The predicted octanol–water partition coefficient (Wildman–Crippen LogP) is 3.78. The first kappa shape index (κ1) is 18.6. The van der Waals surface area contributed by atoms with Crippen molar-refractivity contribution in [2.75, 3.05) is 13.1 Å². The number of oxazole rings is 1. The van der Waals surface area contributed by atoms with Crippen LogP contribution in [-0.2, 0) is 13.0 Å². The maximum atomic E-state index is 13.0. The third-order valence-corrected chi connectivity index (χ3v) is 3.94. The van der Waals surface area contributed by atoms with Crippen molar-refractivity contribution < 1.29 is 8.81 Å². The molecule has 0 atom stereocenters. The normalized spacial score (nSPS) is 11.4. The van der Waals surface area contributed by atoms with E-state index >= 15 is 0 Å². The summed E-state index contributed by atoms with van der Waals surface area (Å²) in [6.07, 6.45) is 2.42. The smallest absolute Gasteiger partial charge is 0.226 e. The van der Waals surface area contributed by atoms with Crippen molar-refractivity contribution in [1.82, 2.24) is 15.6 Å². The van der Waals surface area contributed by atoms with Crippen molar-refractivity contribution in [3.63, 3.8) is 0 Å². The lowest BCUT2D eigenvalue weighted by molar-refractivity contribution is 0.572. The standard InChI is InChI=1S/C21H23FN4O/c1-2-23-21(24-13-12-16-8-10-18(22)11-9-16)25-14-19-15-27-20(26-19)17-6-4-3-5-7-17/h3-11,15H,2,12-14H2,1H3,(H2,23,24,25). The Bertz CT molecular complexity index is 859. The Morgan fingerprint density at radius 3 is 2.59 bits per heavy atom. The van der Waals surface area contributed by atoms with Crippen molar-refractivity contribution in [3.05, 3.63) is 77.9 Å². The molecule has 3 aromatic rings. The molecule has 0 unspecified atom stereocenters. The molecule has 1 aromatic heterocycles. The van der Waals surface area contributed by atoms with Gasteiger partial charge in [0.15, 0.2) is 5.96 Å². The van der Waals surface area contributed by atoms with E-state index in [1.165, 1.54) is 12.1 Å². The van der Waals surface area contributed by atoms with Gasteiger partial charge >= 0.3 is 0 Å². The molecule has 0 amide bonds. The molecule has 0 saturated carbocycles. The molecule has 3 rings (SSSR count). The Balaban J connectivity index is 1.55. The van der Waals surface area contributed by atoms with E-state index in [-0.39, 0.29) is 5.82 Å². The van der Waals surface area contributed by atoms with Gasteiger partial charge in [-0.15, -0.1) is 0 Å². The van der Waals surface area contributed by atoms with Gasteiger partial charge in [0.2, 0.25) is 5.89 Å². The van der Waals surface area contributed by atoms with Crippen LogP contribution in [0.4, 0.5) is 4.39 Å². The SMILES string of the molecule is CCNC(=NCc1coc(-c2ccccc2)n1)NCCc1ccc(F)cc1. The minimum absolute atomic E-state index is 0.218. The molecule has 0 fully saturated rings. The fraction of sp³-hybridized carbons (Fsp3) is 0.238. The highest BCUT2D eigenvalue weighted by Gasteiger charge is 2.06. The molecule has 0 saturated heterocycles. The number of hydrogen-bond acceptors (Lipinski definition) is 3. The Morgan fingerprint density at radius 2 is 1.85 bits per heavy atom. The third-order valence-electron chi connectivity index (χ3n) is 3.94. The molecule has 0 spiro atoms. The molecule has 0 bridgehead atoms. The number of aromatic nitrogens is 1. The highest BCUT2D eigenvalue weighted by atomic mass is 19.1. The molecule has 0 aliphatic heterocycles. The van der Waals surface area contributed by atoms with E-state index in [0.717, 1.165) is 29.8 Å². The summed E-state index contributed by atoms with van der Waals surface area (Å²) in [5.41, 5.74) is 2.78. The van der Waals surface area contributed by atoms with Crippen LogP contribution in [0.3, 0.4) is 0 Å². The zero-order valence-corrected chi connectivity index (χ0v) is 15.3. The van der Waals surface area contributed by atoms with E-state index in [9.17, 15) is 4.39 Å². The van der Waals surface area contributed by atoms with Gasteiger partial charge in [0, 0.05) is 18.7 Å². The summed E-state index contributed by atoms with van der Waals surface area (Å²) in [4.78, 5) is 9.03. The van der Waals surface area contributed by atoms with Crippen LogP contribution < -0.4 is 10.6 Å². The molecule has 0 aliphatic carbocycles. The predicted molar refractivity (Wildman–Crippen MR) is 105 cm³/mol. The lowest BCUT2D eigenvalue weighted by Gasteiger charge is -2.11. The molecule has 5 nitrogen and oxygen atoms in total. The molecule has 2 aromatic carbocycles. The zero-order valence-electron chi connectivity index (χ0n) is 15.3. The third kappa shape index (κ3) is 5.67. The average molecular weight is 366 g/mol. The van der Waals surface area contributed by atoms with Gasteiger partial charge in [-0.3, -0.25) is 0 Å². The molecule has 27 heavy (non-hydrogen) atoms. The molecule has 6 heteroatoms. The van der Waals surface area contributed by atoms with E-state index in [1.54, 1.807) is 18.4 Å². The van der Waals surface area contributed by atoms with Gasteiger partial charge in [-0.1, -0.05) is 30.3 Å². The molecule has 0 radical (unpaired) electrons. The minimum atomic E-state index is -0.218. The molecule has 140 valence electrons. The summed E-state index contributed by atoms with van der Waals surface area (Å²) >= 11 is 0. The maximum Gasteiger partial charge on any atom is 0.226 e. The summed E-state index contributed by atoms with van der Waals surface area (Å²) in [5, 5.41) is 6.49. The number of rotatable bonds is 7. The molecular weight excluding hydrogens is 343 g/mol. The molecule has 2 N–H and O–H groups in total. The van der Waals surface area contributed by atoms with Gasteiger partial charge in [-0.2, -0.15) is 0 Å². The van der Waals surface area contributed by atoms with Crippen molar-refractivity contribution in [2.24, 2.45) is 4.99 Å². The summed E-state index contributed by atoms with van der Waals surface area (Å²) in [7, 11) is 0. The Morgan fingerprint density at radius 1 is 1.07 bits per heavy atom. The van der Waals surface area contributed by atoms with E-state index in [1.807, 2.05) is 37.3 Å². The van der Waals surface area contributed by atoms with Crippen LogP contribution in [-0.4, -0.2) is 24.0 Å². The van der Waals surface area contributed by atoms with E-state index < -0.39 is 0 Å². The highest BCUT2D eigenvalue weighted by molar-refractivity contribution is 5.79. The van der Waals surface area contributed by atoms with E-state index in [0.29, 0.717) is 24.9 Å². The molecular formula is C21H23FN4O. The molecule has 1 heterocycles. The summed E-state index contributed by atoms with van der Waals surface area (Å²) in [6.45, 7) is 3.89. The van der Waals surface area contributed by atoms with Crippen LogP contribution in [0.25, 0.3) is 11.5 Å². The first-order valence-electron chi connectivity index (χ1n) is 9.01. The van der Waals surface area contributed by atoms with Gasteiger partial charge in [0.05, 0.1) is 6.54 Å². The van der Waals surface area contributed by atoms with Crippen LogP contribution >= 0.6 is 0 Å². The summed E-state index contributed by atoms with van der Waals surface area (Å²) in [6, 6.07) is 16.3. The quantitative estimate of drug-likeness (QED) is 0.493. The zero-order chi connectivity index (χ0) is 18.9. The second-order valence-electron chi connectivity index (χ2n) is 6.01. The van der Waals surface area contributed by atoms with E-state index in [2.05, 4.69) is 20.6 Å². The van der Waals surface area contributed by atoms with Crippen molar-refractivity contribution >= 4 is 5.96 Å². The summed E-state index contributed by atoms with van der Waals surface area (Å²) in [5.74, 6) is 1.09. The summed E-state index contributed by atoms with van der Waals surface area (Å²) < 4.78 is 18.5. The second kappa shape index (κ2) is 9.52. The average Bonchev–Trinajstić information content (AvgIpc) is 3.17. The number of hydrogen-bond donors (Lipinski definition) is 2. The Labute approximate surface area is 158 Å². The van der Waals surface area contributed by atoms with Crippen molar-refractivity contribution in [3.8, 4) is 11.5 Å². The first-order valence-corrected chi connectivity index (χ1v) is 9.01. The van der Waals surface area contributed by atoms with Crippen LogP contribution in [0.2, 0.25) is 0 Å². The highest BCUT2D eigenvalue weighted by Crippen LogP contribution is 2.18.